The number of nitrogens with zero attached hydrogens (tertiary/aromatic N) is 4. The van der Waals surface area contributed by atoms with Gasteiger partial charge in [0, 0.05) is 29.4 Å². The molecule has 4 aromatic rings. The number of rotatable bonds is 8. The molecule has 7 heteroatoms. The summed E-state index contributed by atoms with van der Waals surface area (Å²) in [4.78, 5) is 21.7. The Kier molecular flexibility index (Phi) is 6.85. The Hall–Kier alpha value is -3.19. The highest BCUT2D eigenvalue weighted by molar-refractivity contribution is 7.98. The van der Waals surface area contributed by atoms with Gasteiger partial charge < -0.3 is 5.32 Å². The lowest BCUT2D eigenvalue weighted by molar-refractivity contribution is -0.120. The molecular weight excluding hydrogens is 418 g/mol. The van der Waals surface area contributed by atoms with E-state index in [9.17, 15) is 4.79 Å². The summed E-state index contributed by atoms with van der Waals surface area (Å²) in [6.07, 6.45) is 3.04. The van der Waals surface area contributed by atoms with E-state index in [1.54, 1.807) is 4.52 Å². The van der Waals surface area contributed by atoms with Crippen LogP contribution in [0.2, 0.25) is 0 Å². The summed E-state index contributed by atoms with van der Waals surface area (Å²) in [5.41, 5.74) is 5.13. The monoisotopic (exact) mass is 445 g/mol. The van der Waals surface area contributed by atoms with Crippen LogP contribution in [0.3, 0.4) is 0 Å². The molecule has 6 nitrogen and oxygen atoms in total. The molecule has 0 fully saturated rings. The molecule has 1 N–H and O–H groups in total. The number of carbonyl (C=O) groups excluding carboxylic acids is 1. The van der Waals surface area contributed by atoms with Crippen molar-refractivity contribution in [1.82, 2.24) is 24.9 Å². The van der Waals surface area contributed by atoms with Gasteiger partial charge in [-0.25, -0.2) is 9.50 Å². The second kappa shape index (κ2) is 9.96. The minimum atomic E-state index is -0.0116. The molecule has 0 aliphatic carbocycles. The summed E-state index contributed by atoms with van der Waals surface area (Å²) >= 11 is 1.48. The van der Waals surface area contributed by atoms with Crippen LogP contribution in [0, 0.1) is 13.8 Å². The Morgan fingerprint density at radius 1 is 1.00 bits per heavy atom. The highest BCUT2D eigenvalue weighted by atomic mass is 32.2. The molecule has 32 heavy (non-hydrogen) atoms. The smallest absolute Gasteiger partial charge is 0.253 e. The SMILES string of the molecule is CSc1nc2nc(C)c(CC(=O)NCCC(c3ccccc3)c3ccccc3)c(C)n2n1. The molecule has 1 amide bonds. The zero-order chi connectivity index (χ0) is 22.5. The van der Waals surface area contributed by atoms with Crippen molar-refractivity contribution in [2.75, 3.05) is 12.8 Å². The van der Waals surface area contributed by atoms with Gasteiger partial charge in [-0.2, -0.15) is 4.98 Å². The average molecular weight is 446 g/mol. The van der Waals surface area contributed by atoms with Gasteiger partial charge >= 0.3 is 0 Å². The lowest BCUT2D eigenvalue weighted by atomic mass is 9.88. The topological polar surface area (TPSA) is 72.2 Å². The van der Waals surface area contributed by atoms with Crippen molar-refractivity contribution in [1.29, 1.82) is 0 Å². The van der Waals surface area contributed by atoms with E-state index in [4.69, 9.17) is 0 Å². The van der Waals surface area contributed by atoms with Crippen molar-refractivity contribution in [3.8, 4) is 0 Å². The lowest BCUT2D eigenvalue weighted by Crippen LogP contribution is -2.28. The van der Waals surface area contributed by atoms with Gasteiger partial charge in [0.2, 0.25) is 11.1 Å². The number of carbonyl (C=O) groups is 1. The molecule has 0 saturated carbocycles. The molecule has 0 aliphatic heterocycles. The third-order valence-corrected chi connectivity index (χ3v) is 6.25. The van der Waals surface area contributed by atoms with E-state index in [1.807, 2.05) is 32.2 Å². The van der Waals surface area contributed by atoms with Gasteiger partial charge in [0.15, 0.2) is 0 Å². The number of aromatic nitrogens is 4. The molecule has 4 rings (SSSR count). The van der Waals surface area contributed by atoms with Crippen LogP contribution in [0.15, 0.2) is 65.8 Å². The first-order valence-corrected chi connectivity index (χ1v) is 11.9. The number of aryl methyl sites for hydroxylation is 2. The van der Waals surface area contributed by atoms with Crippen LogP contribution < -0.4 is 5.32 Å². The number of hydrogen-bond acceptors (Lipinski definition) is 5. The molecule has 2 aromatic heterocycles. The third kappa shape index (κ3) is 4.83. The summed E-state index contributed by atoms with van der Waals surface area (Å²) in [6.45, 7) is 4.48. The van der Waals surface area contributed by atoms with E-state index >= 15 is 0 Å². The summed E-state index contributed by atoms with van der Waals surface area (Å²) < 4.78 is 1.72. The minimum Gasteiger partial charge on any atom is -0.356 e. The van der Waals surface area contributed by atoms with Gasteiger partial charge in [-0.05, 0) is 37.7 Å². The maximum atomic E-state index is 12.8. The Labute approximate surface area is 192 Å². The van der Waals surface area contributed by atoms with E-state index < -0.39 is 0 Å². The van der Waals surface area contributed by atoms with Crippen molar-refractivity contribution in [2.45, 2.75) is 37.8 Å². The van der Waals surface area contributed by atoms with Gasteiger partial charge in [-0.1, -0.05) is 72.4 Å². The Morgan fingerprint density at radius 2 is 1.62 bits per heavy atom. The van der Waals surface area contributed by atoms with E-state index in [2.05, 4.69) is 68.9 Å². The largest absolute Gasteiger partial charge is 0.356 e. The van der Waals surface area contributed by atoms with Gasteiger partial charge in [-0.15, -0.1) is 5.10 Å². The minimum absolute atomic E-state index is 0.0116. The van der Waals surface area contributed by atoms with Crippen molar-refractivity contribution in [3.05, 3.63) is 88.7 Å². The maximum Gasteiger partial charge on any atom is 0.253 e. The van der Waals surface area contributed by atoms with Crippen LogP contribution in [0.5, 0.6) is 0 Å². The highest BCUT2D eigenvalue weighted by Crippen LogP contribution is 2.27. The van der Waals surface area contributed by atoms with Crippen LogP contribution in [0.1, 0.15) is 40.4 Å². The van der Waals surface area contributed by atoms with Crippen LogP contribution >= 0.6 is 11.8 Å². The fourth-order valence-electron chi connectivity index (χ4n) is 4.01. The van der Waals surface area contributed by atoms with Gasteiger partial charge in [-0.3, -0.25) is 4.79 Å². The molecule has 0 radical (unpaired) electrons. The van der Waals surface area contributed by atoms with Crippen molar-refractivity contribution in [2.24, 2.45) is 0 Å². The van der Waals surface area contributed by atoms with E-state index in [1.165, 1.54) is 22.9 Å². The summed E-state index contributed by atoms with van der Waals surface area (Å²) in [7, 11) is 0. The van der Waals surface area contributed by atoms with Gasteiger partial charge in [0.05, 0.1) is 6.42 Å². The molecule has 164 valence electrons. The molecule has 0 aliphatic rings. The second-order valence-electron chi connectivity index (χ2n) is 7.76. The summed E-state index contributed by atoms with van der Waals surface area (Å²) in [5.74, 6) is 0.795. The Balaban J connectivity index is 1.44. The van der Waals surface area contributed by atoms with Crippen LogP contribution in [0.4, 0.5) is 0 Å². The van der Waals surface area contributed by atoms with Crippen molar-refractivity contribution < 1.29 is 4.79 Å². The Morgan fingerprint density at radius 3 is 2.22 bits per heavy atom. The van der Waals surface area contributed by atoms with Crippen molar-refractivity contribution in [3.63, 3.8) is 0 Å². The molecule has 0 unspecified atom stereocenters. The van der Waals surface area contributed by atoms with Crippen LogP contribution in [-0.4, -0.2) is 38.3 Å². The fourth-order valence-corrected chi connectivity index (χ4v) is 4.34. The first kappa shape index (κ1) is 22.0. The number of hydrogen-bond donors (Lipinski definition) is 1. The first-order chi connectivity index (χ1) is 15.6. The number of fused-ring (bicyclic) bond motifs is 1. The van der Waals surface area contributed by atoms with E-state index in [0.717, 1.165) is 23.4 Å². The first-order valence-electron chi connectivity index (χ1n) is 10.7. The Bertz CT molecular complexity index is 1170. The zero-order valence-corrected chi connectivity index (χ0v) is 19.4. The second-order valence-corrected chi connectivity index (χ2v) is 8.53. The standard InChI is InChI=1S/C25H27N5OS/c1-17-22(18(2)30-24(27-17)28-25(29-30)32-3)16-23(31)26-15-14-21(19-10-6-4-7-11-19)20-12-8-5-9-13-20/h4-13,21H,14-16H2,1-3H3,(H,26,31). The zero-order valence-electron chi connectivity index (χ0n) is 18.6. The molecule has 0 atom stereocenters. The summed E-state index contributed by atoms with van der Waals surface area (Å²) in [6, 6.07) is 20.9. The van der Waals surface area contributed by atoms with Gasteiger partial charge in [0.1, 0.15) is 0 Å². The molecule has 2 heterocycles. The van der Waals surface area contributed by atoms with Crippen molar-refractivity contribution >= 4 is 23.4 Å². The molecule has 0 spiro atoms. The normalized spacial score (nSPS) is 11.2. The molecule has 0 bridgehead atoms. The highest BCUT2D eigenvalue weighted by Gasteiger charge is 2.17. The predicted octanol–water partition coefficient (Wildman–Crippen LogP) is 4.34. The average Bonchev–Trinajstić information content (AvgIpc) is 3.24. The number of thioether (sulfide) groups is 1. The maximum absolute atomic E-state index is 12.8. The summed E-state index contributed by atoms with van der Waals surface area (Å²) in [5, 5.41) is 8.25. The number of benzene rings is 2. The molecule has 2 aromatic carbocycles. The van der Waals surface area contributed by atoms with E-state index in [0.29, 0.717) is 17.5 Å². The molecular formula is C25H27N5OS. The fraction of sp³-hybridized carbons (Fsp3) is 0.280. The number of nitrogens with one attached hydrogen (secondary N) is 1. The van der Waals surface area contributed by atoms with E-state index in [-0.39, 0.29) is 18.2 Å². The lowest BCUT2D eigenvalue weighted by Gasteiger charge is -2.18. The van der Waals surface area contributed by atoms with Crippen LogP contribution in [0.25, 0.3) is 5.78 Å². The third-order valence-electron chi connectivity index (χ3n) is 5.71. The quantitative estimate of drug-likeness (QED) is 0.409. The van der Waals surface area contributed by atoms with Gasteiger partial charge in [0.25, 0.3) is 5.78 Å². The number of amides is 1. The predicted molar refractivity (Wildman–Crippen MR) is 128 cm³/mol. The molecule has 0 saturated heterocycles. The van der Waals surface area contributed by atoms with Crippen LogP contribution in [-0.2, 0) is 11.2 Å².